The molecule has 0 saturated carbocycles. The fourth-order valence-electron chi connectivity index (χ4n) is 3.56. The van der Waals surface area contributed by atoms with E-state index in [1.165, 1.54) is 12.1 Å². The van der Waals surface area contributed by atoms with Crippen molar-refractivity contribution in [3.05, 3.63) is 77.7 Å². The Bertz CT molecular complexity index is 978. The normalized spacial score (nSPS) is 19.2. The minimum atomic E-state index is -0.397. The van der Waals surface area contributed by atoms with Gasteiger partial charge in [0.25, 0.3) is 0 Å². The third-order valence-corrected chi connectivity index (χ3v) is 4.94. The Kier molecular flexibility index (Phi) is 5.53. The van der Waals surface area contributed by atoms with Gasteiger partial charge in [0, 0.05) is 24.7 Å². The molecule has 2 aromatic carbocycles. The van der Waals surface area contributed by atoms with Crippen molar-refractivity contribution in [3.63, 3.8) is 0 Å². The minimum absolute atomic E-state index is 0.0634. The quantitative estimate of drug-likeness (QED) is 0.692. The fourth-order valence-corrected chi connectivity index (χ4v) is 3.56. The number of benzene rings is 2. The highest BCUT2D eigenvalue weighted by atomic mass is 19.1. The number of rotatable bonds is 5. The Labute approximate surface area is 167 Å². The van der Waals surface area contributed by atoms with Crippen LogP contribution in [0.25, 0.3) is 0 Å². The lowest BCUT2D eigenvalue weighted by molar-refractivity contribution is 0.243. The first-order chi connectivity index (χ1) is 14.1. The summed E-state index contributed by atoms with van der Waals surface area (Å²) < 4.78 is 18.7. The van der Waals surface area contributed by atoms with E-state index in [2.05, 4.69) is 25.7 Å². The maximum Gasteiger partial charge on any atom is 0.319 e. The van der Waals surface area contributed by atoms with Crippen LogP contribution in [0.4, 0.5) is 14.9 Å². The minimum Gasteiger partial charge on any atom is -0.338 e. The van der Waals surface area contributed by atoms with Crippen molar-refractivity contribution < 1.29 is 13.7 Å². The van der Waals surface area contributed by atoms with Gasteiger partial charge in [-0.2, -0.15) is 4.98 Å². The molecule has 2 amide bonds. The predicted octanol–water partition coefficient (Wildman–Crippen LogP) is 3.37. The van der Waals surface area contributed by atoms with Gasteiger partial charge in [-0.25, -0.2) is 9.18 Å². The van der Waals surface area contributed by atoms with Crippen LogP contribution in [0.5, 0.6) is 0 Å². The first kappa shape index (κ1) is 19.1. The Morgan fingerprint density at radius 2 is 2.07 bits per heavy atom. The molecule has 29 heavy (non-hydrogen) atoms. The van der Waals surface area contributed by atoms with Crippen molar-refractivity contribution >= 4 is 11.7 Å². The number of aromatic nitrogens is 2. The maximum atomic E-state index is 13.3. The van der Waals surface area contributed by atoms with Crippen LogP contribution in [0.2, 0.25) is 0 Å². The smallest absolute Gasteiger partial charge is 0.319 e. The second-order valence-corrected chi connectivity index (χ2v) is 7.21. The highest BCUT2D eigenvalue weighted by Gasteiger charge is 2.35. The molecule has 3 aromatic rings. The number of likely N-dealkylation sites (tertiary alicyclic amines) is 1. The van der Waals surface area contributed by atoms with Crippen LogP contribution in [0.3, 0.4) is 0 Å². The first-order valence-electron chi connectivity index (χ1n) is 9.46. The van der Waals surface area contributed by atoms with E-state index in [4.69, 9.17) is 4.52 Å². The van der Waals surface area contributed by atoms with E-state index in [1.807, 2.05) is 37.4 Å². The van der Waals surface area contributed by atoms with E-state index in [1.54, 1.807) is 12.1 Å². The van der Waals surface area contributed by atoms with Gasteiger partial charge in [-0.1, -0.05) is 41.6 Å². The number of carbonyl (C=O) groups is 1. The number of likely N-dealkylation sites (N-methyl/N-ethyl adjacent to an activating group) is 1. The molecule has 0 spiro atoms. The van der Waals surface area contributed by atoms with Crippen molar-refractivity contribution in [1.82, 2.24) is 20.4 Å². The number of amides is 2. The van der Waals surface area contributed by atoms with Gasteiger partial charge in [0.1, 0.15) is 5.82 Å². The predicted molar refractivity (Wildman–Crippen MR) is 106 cm³/mol. The molecule has 4 rings (SSSR count). The number of urea groups is 1. The summed E-state index contributed by atoms with van der Waals surface area (Å²) in [7, 11) is 1.96. The lowest BCUT2D eigenvalue weighted by Crippen LogP contribution is -2.39. The summed E-state index contributed by atoms with van der Waals surface area (Å²) in [6.07, 6.45) is 1.26. The van der Waals surface area contributed by atoms with E-state index >= 15 is 0 Å². The van der Waals surface area contributed by atoms with Crippen LogP contribution in [0.1, 0.15) is 29.7 Å². The number of nitrogens with one attached hydrogen (secondary N) is 2. The summed E-state index contributed by atoms with van der Waals surface area (Å²) in [4.78, 5) is 18.8. The Hall–Kier alpha value is -3.26. The molecule has 7 nitrogen and oxygen atoms in total. The van der Waals surface area contributed by atoms with Gasteiger partial charge in [-0.05, 0) is 37.2 Å². The van der Waals surface area contributed by atoms with E-state index < -0.39 is 5.82 Å². The first-order valence-corrected chi connectivity index (χ1v) is 9.46. The van der Waals surface area contributed by atoms with Crippen LogP contribution < -0.4 is 10.6 Å². The number of nitrogens with zero attached hydrogens (tertiary/aromatic N) is 3. The summed E-state index contributed by atoms with van der Waals surface area (Å²) in [5, 5.41) is 9.66. The van der Waals surface area contributed by atoms with Crippen molar-refractivity contribution in [2.45, 2.75) is 24.9 Å². The third kappa shape index (κ3) is 4.78. The van der Waals surface area contributed by atoms with E-state index in [-0.39, 0.29) is 18.1 Å². The van der Waals surface area contributed by atoms with Gasteiger partial charge in [-0.3, -0.25) is 4.90 Å². The van der Waals surface area contributed by atoms with Crippen LogP contribution >= 0.6 is 0 Å². The summed E-state index contributed by atoms with van der Waals surface area (Å²) in [5.41, 5.74) is 1.53. The lowest BCUT2D eigenvalue weighted by Gasteiger charge is -2.14. The van der Waals surface area contributed by atoms with Crippen LogP contribution in [0, 0.1) is 5.82 Å². The van der Waals surface area contributed by atoms with E-state index in [9.17, 15) is 9.18 Å². The molecule has 1 saturated heterocycles. The van der Waals surface area contributed by atoms with Crippen molar-refractivity contribution in [1.29, 1.82) is 0 Å². The van der Waals surface area contributed by atoms with Crippen LogP contribution in [-0.2, 0) is 6.42 Å². The van der Waals surface area contributed by atoms with Gasteiger partial charge in [-0.15, -0.1) is 0 Å². The number of anilines is 1. The second kappa shape index (κ2) is 8.40. The Morgan fingerprint density at radius 3 is 2.86 bits per heavy atom. The molecular formula is C21H22FN5O2. The molecule has 1 aliphatic rings. The third-order valence-electron chi connectivity index (χ3n) is 4.94. The summed E-state index contributed by atoms with van der Waals surface area (Å²) >= 11 is 0. The monoisotopic (exact) mass is 395 g/mol. The molecule has 0 unspecified atom stereocenters. The molecule has 0 aliphatic carbocycles. The number of hydrogen-bond donors (Lipinski definition) is 2. The highest BCUT2D eigenvalue weighted by Crippen LogP contribution is 2.29. The van der Waals surface area contributed by atoms with Gasteiger partial charge in [0.2, 0.25) is 5.89 Å². The van der Waals surface area contributed by atoms with E-state index in [0.29, 0.717) is 36.8 Å². The zero-order valence-electron chi connectivity index (χ0n) is 16.0. The van der Waals surface area contributed by atoms with Gasteiger partial charge in [0.15, 0.2) is 5.82 Å². The summed E-state index contributed by atoms with van der Waals surface area (Å²) in [6.45, 7) is 0.650. The molecule has 150 valence electrons. The van der Waals surface area contributed by atoms with Crippen LogP contribution in [-0.4, -0.2) is 40.7 Å². The van der Waals surface area contributed by atoms with Gasteiger partial charge in [0.05, 0.1) is 6.04 Å². The van der Waals surface area contributed by atoms with Crippen molar-refractivity contribution in [2.24, 2.45) is 0 Å². The average molecular weight is 395 g/mol. The molecule has 0 radical (unpaired) electrons. The topological polar surface area (TPSA) is 83.3 Å². The molecule has 0 bridgehead atoms. The number of carbonyl (C=O) groups excluding carboxylic acids is 1. The Balaban J connectivity index is 1.34. The summed E-state index contributed by atoms with van der Waals surface area (Å²) in [6, 6.07) is 15.2. The Morgan fingerprint density at radius 1 is 1.24 bits per heavy atom. The molecule has 8 heteroatoms. The molecule has 2 heterocycles. The summed E-state index contributed by atoms with van der Waals surface area (Å²) in [5.74, 6) is 0.791. The molecule has 2 atom stereocenters. The zero-order valence-corrected chi connectivity index (χ0v) is 16.0. The van der Waals surface area contributed by atoms with Crippen molar-refractivity contribution in [2.75, 3.05) is 18.9 Å². The van der Waals surface area contributed by atoms with Crippen LogP contribution in [0.15, 0.2) is 59.1 Å². The molecule has 1 aromatic heterocycles. The largest absolute Gasteiger partial charge is 0.338 e. The second-order valence-electron chi connectivity index (χ2n) is 7.21. The highest BCUT2D eigenvalue weighted by molar-refractivity contribution is 5.89. The maximum absolute atomic E-state index is 13.3. The van der Waals surface area contributed by atoms with Crippen molar-refractivity contribution in [3.8, 4) is 0 Å². The zero-order chi connectivity index (χ0) is 20.2. The molecule has 2 N–H and O–H groups in total. The SMILES string of the molecule is CN1C[C@@H](NC(=O)Nc2cccc(F)c2)C[C@H]1c1nc(Cc2ccccc2)no1. The molecule has 1 aliphatic heterocycles. The van der Waals surface area contributed by atoms with Gasteiger partial charge < -0.3 is 15.2 Å². The lowest BCUT2D eigenvalue weighted by atomic mass is 10.1. The molecular weight excluding hydrogens is 373 g/mol. The number of halogens is 1. The fraction of sp³-hybridized carbons (Fsp3) is 0.286. The average Bonchev–Trinajstić information content (AvgIpc) is 3.28. The van der Waals surface area contributed by atoms with Gasteiger partial charge >= 0.3 is 6.03 Å². The molecule has 1 fully saturated rings. The number of hydrogen-bond acceptors (Lipinski definition) is 5. The van der Waals surface area contributed by atoms with E-state index in [0.717, 1.165) is 5.56 Å². The standard InChI is InChI=1S/C21H22FN5O2/c1-27-13-17(24-21(28)23-16-9-5-8-15(22)11-16)12-18(27)20-25-19(26-29-20)10-14-6-3-2-4-7-14/h2-9,11,17-18H,10,12-13H2,1H3,(H2,23,24,28)/t17-,18-/m0/s1.